The average Bonchev–Trinajstić information content (AvgIpc) is 2.71. The van der Waals surface area contributed by atoms with E-state index in [1.54, 1.807) is 43.3 Å². The molecule has 0 amide bonds. The molecular formula is C23H29ClN2O4S. The van der Waals surface area contributed by atoms with E-state index in [0.29, 0.717) is 18.0 Å². The predicted molar refractivity (Wildman–Crippen MR) is 126 cm³/mol. The SMILES string of the molecule is CCN=C(Cl)/C(Oc1ccccc1OC)=C(\C)NS(=O)(=O)c1ccc(C(C)(C)C)cc1. The second-order valence-electron chi connectivity index (χ2n) is 7.85. The number of sulfonamides is 1. The third-order valence-corrected chi connectivity index (χ3v) is 6.18. The maximum Gasteiger partial charge on any atom is 0.261 e. The van der Waals surface area contributed by atoms with Gasteiger partial charge in [0.15, 0.2) is 22.4 Å². The molecule has 6 nitrogen and oxygen atoms in total. The zero-order valence-corrected chi connectivity index (χ0v) is 20.3. The highest BCUT2D eigenvalue weighted by Gasteiger charge is 2.21. The molecule has 2 aromatic rings. The summed E-state index contributed by atoms with van der Waals surface area (Å²) in [7, 11) is -2.34. The lowest BCUT2D eigenvalue weighted by Gasteiger charge is -2.19. The molecule has 0 atom stereocenters. The van der Waals surface area contributed by atoms with Gasteiger partial charge in [0, 0.05) is 6.54 Å². The third-order valence-electron chi connectivity index (χ3n) is 4.42. The van der Waals surface area contributed by atoms with E-state index < -0.39 is 10.0 Å². The molecule has 0 saturated heterocycles. The van der Waals surface area contributed by atoms with Crippen molar-refractivity contribution in [2.45, 2.75) is 44.9 Å². The summed E-state index contributed by atoms with van der Waals surface area (Å²) >= 11 is 6.32. The lowest BCUT2D eigenvalue weighted by Crippen LogP contribution is -2.25. The molecule has 0 aromatic heterocycles. The number of rotatable bonds is 8. The number of nitrogens with one attached hydrogen (secondary N) is 1. The fraction of sp³-hybridized carbons (Fsp3) is 0.348. The molecule has 0 aliphatic carbocycles. The number of allylic oxidation sites excluding steroid dienone is 2. The Kier molecular flexibility index (Phi) is 8.14. The van der Waals surface area contributed by atoms with Crippen molar-refractivity contribution in [3.05, 3.63) is 65.6 Å². The summed E-state index contributed by atoms with van der Waals surface area (Å²) in [6, 6.07) is 13.8. The largest absolute Gasteiger partial charge is 0.493 e. The monoisotopic (exact) mass is 464 g/mol. The van der Waals surface area contributed by atoms with Gasteiger partial charge >= 0.3 is 0 Å². The minimum absolute atomic E-state index is 0.0525. The first kappa shape index (κ1) is 24.8. The van der Waals surface area contributed by atoms with Crippen molar-refractivity contribution >= 4 is 26.8 Å². The van der Waals surface area contributed by atoms with Crippen molar-refractivity contribution in [1.29, 1.82) is 0 Å². The number of hydrogen-bond donors (Lipinski definition) is 1. The normalized spacial score (nSPS) is 13.5. The van der Waals surface area contributed by atoms with E-state index in [1.807, 2.05) is 19.1 Å². The molecule has 0 heterocycles. The molecule has 0 unspecified atom stereocenters. The van der Waals surface area contributed by atoms with Crippen LogP contribution in [0.1, 0.15) is 40.2 Å². The van der Waals surface area contributed by atoms with E-state index in [-0.39, 0.29) is 26.9 Å². The van der Waals surface area contributed by atoms with Gasteiger partial charge in [-0.2, -0.15) is 0 Å². The first-order chi connectivity index (χ1) is 14.5. The van der Waals surface area contributed by atoms with Gasteiger partial charge in [0.25, 0.3) is 10.0 Å². The highest BCUT2D eigenvalue weighted by Crippen LogP contribution is 2.29. The topological polar surface area (TPSA) is 77.0 Å². The van der Waals surface area contributed by atoms with Gasteiger partial charge in [-0.15, -0.1) is 0 Å². The van der Waals surface area contributed by atoms with E-state index in [4.69, 9.17) is 21.1 Å². The minimum atomic E-state index is -3.86. The van der Waals surface area contributed by atoms with Crippen LogP contribution in [0.3, 0.4) is 0 Å². The van der Waals surface area contributed by atoms with Crippen LogP contribution in [0.15, 0.2) is 69.9 Å². The van der Waals surface area contributed by atoms with E-state index in [9.17, 15) is 8.42 Å². The molecule has 0 aliphatic rings. The van der Waals surface area contributed by atoms with Crippen molar-refractivity contribution in [1.82, 2.24) is 4.72 Å². The van der Waals surface area contributed by atoms with Crippen LogP contribution >= 0.6 is 11.6 Å². The van der Waals surface area contributed by atoms with Crippen LogP contribution in [-0.2, 0) is 15.4 Å². The summed E-state index contributed by atoms with van der Waals surface area (Å²) in [4.78, 5) is 4.30. The number of benzene rings is 2. The van der Waals surface area contributed by atoms with Crippen LogP contribution in [-0.4, -0.2) is 27.2 Å². The number of halogens is 1. The quantitative estimate of drug-likeness (QED) is 0.428. The highest BCUT2D eigenvalue weighted by atomic mass is 35.5. The van der Waals surface area contributed by atoms with E-state index in [2.05, 4.69) is 30.5 Å². The number of aliphatic imine (C=N–C) groups is 1. The fourth-order valence-electron chi connectivity index (χ4n) is 2.74. The van der Waals surface area contributed by atoms with Crippen LogP contribution in [0, 0.1) is 0 Å². The Labute approximate surface area is 190 Å². The van der Waals surface area contributed by atoms with Crippen LogP contribution in [0.25, 0.3) is 0 Å². The molecule has 0 saturated carbocycles. The molecule has 0 radical (unpaired) electrons. The number of hydrogen-bond acceptors (Lipinski definition) is 5. The van der Waals surface area contributed by atoms with Crippen molar-refractivity contribution in [2.75, 3.05) is 13.7 Å². The van der Waals surface area contributed by atoms with Gasteiger partial charge in [-0.05, 0) is 49.1 Å². The standard InChI is InChI=1S/C23H29ClN2O4S/c1-7-25-22(24)21(30-20-11-9-8-10-19(20)29-6)16(2)26-31(27,28)18-14-12-17(13-15-18)23(3,4)5/h8-15,26H,7H2,1-6H3/b21-16-,25-22?. The molecular weight excluding hydrogens is 436 g/mol. The zero-order chi connectivity index (χ0) is 23.2. The van der Waals surface area contributed by atoms with Gasteiger partial charge in [0.05, 0.1) is 17.7 Å². The smallest absolute Gasteiger partial charge is 0.261 e. The predicted octanol–water partition coefficient (Wildman–Crippen LogP) is 5.24. The second-order valence-corrected chi connectivity index (χ2v) is 9.89. The van der Waals surface area contributed by atoms with E-state index in [1.165, 1.54) is 7.11 Å². The highest BCUT2D eigenvalue weighted by molar-refractivity contribution is 7.89. The van der Waals surface area contributed by atoms with Crippen LogP contribution < -0.4 is 14.2 Å². The Bertz CT molecular complexity index is 1070. The molecule has 168 valence electrons. The van der Waals surface area contributed by atoms with Gasteiger partial charge in [-0.25, -0.2) is 8.42 Å². The minimum Gasteiger partial charge on any atom is -0.493 e. The summed E-state index contributed by atoms with van der Waals surface area (Å²) in [6.07, 6.45) is 0. The molecule has 31 heavy (non-hydrogen) atoms. The van der Waals surface area contributed by atoms with Gasteiger partial charge in [0.1, 0.15) is 0 Å². The van der Waals surface area contributed by atoms with Gasteiger partial charge in [-0.1, -0.05) is 56.6 Å². The van der Waals surface area contributed by atoms with Crippen molar-refractivity contribution in [3.63, 3.8) is 0 Å². The summed E-state index contributed by atoms with van der Waals surface area (Å²) in [5.41, 5.74) is 1.16. The first-order valence-electron chi connectivity index (χ1n) is 9.85. The summed E-state index contributed by atoms with van der Waals surface area (Å²) in [5.74, 6) is 0.967. The van der Waals surface area contributed by atoms with Crippen LogP contribution in [0.2, 0.25) is 0 Å². The van der Waals surface area contributed by atoms with Crippen molar-refractivity contribution in [3.8, 4) is 11.5 Å². The lowest BCUT2D eigenvalue weighted by atomic mass is 9.87. The second kappa shape index (κ2) is 10.2. The molecule has 0 bridgehead atoms. The maximum absolute atomic E-state index is 13.0. The molecule has 8 heteroatoms. The molecule has 0 spiro atoms. The Morgan fingerprint density at radius 2 is 1.65 bits per heavy atom. The zero-order valence-electron chi connectivity index (χ0n) is 18.7. The lowest BCUT2D eigenvalue weighted by molar-refractivity contribution is 0.369. The maximum atomic E-state index is 13.0. The number of methoxy groups -OCH3 is 1. The summed E-state index contributed by atoms with van der Waals surface area (Å²) in [5, 5.41) is 0.0525. The van der Waals surface area contributed by atoms with Crippen LogP contribution in [0.4, 0.5) is 0 Å². The Morgan fingerprint density at radius 1 is 1.06 bits per heavy atom. The first-order valence-corrected chi connectivity index (χ1v) is 11.7. The van der Waals surface area contributed by atoms with Crippen molar-refractivity contribution in [2.24, 2.45) is 4.99 Å². The third kappa shape index (κ3) is 6.48. The molecule has 2 rings (SSSR count). The molecule has 0 fully saturated rings. The van der Waals surface area contributed by atoms with Crippen LogP contribution in [0.5, 0.6) is 11.5 Å². The Balaban J connectivity index is 2.43. The van der Waals surface area contributed by atoms with E-state index in [0.717, 1.165) is 5.56 Å². The number of nitrogens with zero attached hydrogens (tertiary/aromatic N) is 1. The average molecular weight is 465 g/mol. The fourth-order valence-corrected chi connectivity index (χ4v) is 4.15. The summed E-state index contributed by atoms with van der Waals surface area (Å²) < 4.78 is 39.7. The molecule has 2 aromatic carbocycles. The molecule has 1 N–H and O–H groups in total. The van der Waals surface area contributed by atoms with Gasteiger partial charge < -0.3 is 9.47 Å². The Hall–Kier alpha value is -2.51. The number of para-hydroxylation sites is 2. The van der Waals surface area contributed by atoms with Gasteiger partial charge in [0.2, 0.25) is 0 Å². The van der Waals surface area contributed by atoms with Crippen molar-refractivity contribution < 1.29 is 17.9 Å². The summed E-state index contributed by atoms with van der Waals surface area (Å²) in [6.45, 7) is 10.00. The van der Waals surface area contributed by atoms with Gasteiger partial charge in [-0.3, -0.25) is 9.71 Å². The van der Waals surface area contributed by atoms with E-state index >= 15 is 0 Å². The Morgan fingerprint density at radius 3 is 2.16 bits per heavy atom. The number of ether oxygens (including phenoxy) is 2. The molecule has 0 aliphatic heterocycles.